The van der Waals surface area contributed by atoms with Crippen LogP contribution in [0.25, 0.3) is 5.57 Å². The molecule has 0 heterocycles. The monoisotopic (exact) mass is 266 g/mol. The van der Waals surface area contributed by atoms with E-state index in [1.807, 2.05) is 24.3 Å². The fraction of sp³-hybridized carbons (Fsp3) is 0.250. The Bertz CT molecular complexity index is 435. The van der Waals surface area contributed by atoms with Crippen molar-refractivity contribution in [3.63, 3.8) is 0 Å². The van der Waals surface area contributed by atoms with Gasteiger partial charge in [-0.3, -0.25) is 0 Å². The predicted octanol–water partition coefficient (Wildman–Crippen LogP) is 3.47. The molecule has 0 bridgehead atoms. The molecule has 1 aliphatic carbocycles. The Morgan fingerprint density at radius 1 is 1.27 bits per heavy atom. The van der Waals surface area contributed by atoms with Gasteiger partial charge in [0.2, 0.25) is 0 Å². The Morgan fingerprint density at radius 2 is 2.00 bits per heavy atom. The molecule has 15 heavy (non-hydrogen) atoms. The topological polar surface area (TPSA) is 37.3 Å². The van der Waals surface area contributed by atoms with Gasteiger partial charge in [-0.05, 0) is 36.5 Å². The van der Waals surface area contributed by atoms with Crippen LogP contribution in [0.4, 0.5) is 0 Å². The number of rotatable bonds is 2. The van der Waals surface area contributed by atoms with Crippen LogP contribution in [0.5, 0.6) is 0 Å². The molecule has 0 aliphatic heterocycles. The lowest BCUT2D eigenvalue weighted by Gasteiger charge is -2.06. The number of hydrogen-bond donors (Lipinski definition) is 1. The fourth-order valence-electron chi connectivity index (χ4n) is 1.98. The third-order valence-electron chi connectivity index (χ3n) is 2.67. The number of carbonyl (C=O) groups is 1. The van der Waals surface area contributed by atoms with Crippen molar-refractivity contribution >= 4 is 27.5 Å². The highest BCUT2D eigenvalue weighted by atomic mass is 79.9. The molecule has 1 aliphatic rings. The van der Waals surface area contributed by atoms with Gasteiger partial charge < -0.3 is 5.11 Å². The number of aliphatic carboxylic acids is 1. The van der Waals surface area contributed by atoms with Gasteiger partial charge in [-0.2, -0.15) is 0 Å². The van der Waals surface area contributed by atoms with E-state index in [1.54, 1.807) is 0 Å². The quantitative estimate of drug-likeness (QED) is 0.890. The summed E-state index contributed by atoms with van der Waals surface area (Å²) in [4.78, 5) is 11.0. The largest absolute Gasteiger partial charge is 0.478 e. The van der Waals surface area contributed by atoms with Crippen LogP contribution in [0.2, 0.25) is 0 Å². The van der Waals surface area contributed by atoms with E-state index >= 15 is 0 Å². The number of benzene rings is 1. The maximum absolute atomic E-state index is 11.0. The van der Waals surface area contributed by atoms with Crippen LogP contribution in [-0.2, 0) is 4.79 Å². The van der Waals surface area contributed by atoms with Gasteiger partial charge in [0.05, 0.1) is 0 Å². The summed E-state index contributed by atoms with van der Waals surface area (Å²) in [5, 5.41) is 9.06. The first-order valence-corrected chi connectivity index (χ1v) is 5.69. The molecule has 1 aromatic carbocycles. The normalized spacial score (nSPS) is 15.8. The van der Waals surface area contributed by atoms with E-state index in [0.717, 1.165) is 28.5 Å². The average molecular weight is 267 g/mol. The molecule has 0 amide bonds. The van der Waals surface area contributed by atoms with Crippen LogP contribution < -0.4 is 0 Å². The van der Waals surface area contributed by atoms with Crippen molar-refractivity contribution in [3.8, 4) is 0 Å². The van der Waals surface area contributed by atoms with Crippen LogP contribution in [0.1, 0.15) is 24.8 Å². The zero-order chi connectivity index (χ0) is 10.8. The maximum Gasteiger partial charge on any atom is 0.331 e. The SMILES string of the molecule is O=C(O)C1=C(c2ccccc2Br)CCC1. The third kappa shape index (κ3) is 1.97. The summed E-state index contributed by atoms with van der Waals surface area (Å²) in [5.74, 6) is -0.779. The first kappa shape index (κ1) is 10.4. The number of carboxylic acids is 1. The second kappa shape index (κ2) is 4.19. The van der Waals surface area contributed by atoms with Crippen LogP contribution in [0.15, 0.2) is 34.3 Å². The molecule has 0 fully saturated rings. The second-order valence-corrected chi connectivity index (χ2v) is 4.45. The van der Waals surface area contributed by atoms with Gasteiger partial charge in [-0.15, -0.1) is 0 Å². The first-order chi connectivity index (χ1) is 7.20. The highest BCUT2D eigenvalue weighted by molar-refractivity contribution is 9.10. The molecule has 0 unspecified atom stereocenters. The minimum Gasteiger partial charge on any atom is -0.478 e. The number of allylic oxidation sites excluding steroid dienone is 1. The summed E-state index contributed by atoms with van der Waals surface area (Å²) in [6, 6.07) is 7.78. The van der Waals surface area contributed by atoms with Crippen molar-refractivity contribution < 1.29 is 9.90 Å². The van der Waals surface area contributed by atoms with Gasteiger partial charge in [0.25, 0.3) is 0 Å². The van der Waals surface area contributed by atoms with Gasteiger partial charge in [-0.25, -0.2) is 4.79 Å². The molecule has 0 saturated carbocycles. The molecule has 2 rings (SSSR count). The third-order valence-corrected chi connectivity index (χ3v) is 3.37. The Labute approximate surface area is 96.7 Å². The van der Waals surface area contributed by atoms with Crippen molar-refractivity contribution in [1.82, 2.24) is 0 Å². The lowest BCUT2D eigenvalue weighted by Crippen LogP contribution is -1.99. The van der Waals surface area contributed by atoms with Crippen molar-refractivity contribution in [2.75, 3.05) is 0 Å². The molecule has 78 valence electrons. The van der Waals surface area contributed by atoms with Crippen LogP contribution in [0, 0.1) is 0 Å². The summed E-state index contributed by atoms with van der Waals surface area (Å²) in [6.45, 7) is 0. The standard InChI is InChI=1S/C12H11BrO2/c13-11-7-2-1-4-9(11)8-5-3-6-10(8)12(14)15/h1-2,4,7H,3,5-6H2,(H,14,15). The summed E-state index contributed by atoms with van der Waals surface area (Å²) in [7, 11) is 0. The van der Waals surface area contributed by atoms with Gasteiger partial charge in [0.1, 0.15) is 0 Å². The van der Waals surface area contributed by atoms with E-state index in [9.17, 15) is 4.79 Å². The molecule has 0 spiro atoms. The molecule has 0 atom stereocenters. The molecular formula is C12H11BrO2. The average Bonchev–Trinajstić information content (AvgIpc) is 2.67. The van der Waals surface area contributed by atoms with E-state index in [1.165, 1.54) is 0 Å². The summed E-state index contributed by atoms with van der Waals surface area (Å²) in [5.41, 5.74) is 2.57. The molecule has 1 N–H and O–H groups in total. The minimum absolute atomic E-state index is 0.571. The predicted molar refractivity (Wildman–Crippen MR) is 62.5 cm³/mol. The summed E-state index contributed by atoms with van der Waals surface area (Å²) < 4.78 is 0.973. The minimum atomic E-state index is -0.779. The van der Waals surface area contributed by atoms with Gasteiger partial charge in [0, 0.05) is 10.0 Å². The smallest absolute Gasteiger partial charge is 0.331 e. The second-order valence-electron chi connectivity index (χ2n) is 3.60. The van der Waals surface area contributed by atoms with Crippen molar-refractivity contribution in [2.24, 2.45) is 0 Å². The molecule has 2 nitrogen and oxygen atoms in total. The van der Waals surface area contributed by atoms with Crippen molar-refractivity contribution in [1.29, 1.82) is 0 Å². The highest BCUT2D eigenvalue weighted by Crippen LogP contribution is 2.36. The summed E-state index contributed by atoms with van der Waals surface area (Å²) >= 11 is 3.46. The van der Waals surface area contributed by atoms with Gasteiger partial charge >= 0.3 is 5.97 Å². The molecule has 3 heteroatoms. The van der Waals surface area contributed by atoms with E-state index in [-0.39, 0.29) is 0 Å². The molecule has 0 aromatic heterocycles. The van der Waals surface area contributed by atoms with Crippen LogP contribution in [0.3, 0.4) is 0 Å². The highest BCUT2D eigenvalue weighted by Gasteiger charge is 2.22. The molecular weight excluding hydrogens is 256 g/mol. The Kier molecular flexibility index (Phi) is 2.91. The van der Waals surface area contributed by atoms with Crippen molar-refractivity contribution in [2.45, 2.75) is 19.3 Å². The zero-order valence-electron chi connectivity index (χ0n) is 8.16. The van der Waals surface area contributed by atoms with E-state index in [0.29, 0.717) is 12.0 Å². The van der Waals surface area contributed by atoms with Crippen molar-refractivity contribution in [3.05, 3.63) is 39.9 Å². The lowest BCUT2D eigenvalue weighted by atomic mass is 10.0. The fourth-order valence-corrected chi connectivity index (χ4v) is 2.51. The number of hydrogen-bond acceptors (Lipinski definition) is 1. The van der Waals surface area contributed by atoms with Crippen LogP contribution in [-0.4, -0.2) is 11.1 Å². The number of carboxylic acid groups (broad SMARTS) is 1. The Hall–Kier alpha value is -1.09. The Morgan fingerprint density at radius 3 is 2.67 bits per heavy atom. The van der Waals surface area contributed by atoms with E-state index < -0.39 is 5.97 Å². The van der Waals surface area contributed by atoms with E-state index in [2.05, 4.69) is 15.9 Å². The molecule has 1 aromatic rings. The zero-order valence-corrected chi connectivity index (χ0v) is 9.75. The van der Waals surface area contributed by atoms with Crippen LogP contribution >= 0.6 is 15.9 Å². The van der Waals surface area contributed by atoms with E-state index in [4.69, 9.17) is 5.11 Å². The maximum atomic E-state index is 11.0. The summed E-state index contributed by atoms with van der Waals surface area (Å²) in [6.07, 6.45) is 2.49. The van der Waals surface area contributed by atoms with Gasteiger partial charge in [0.15, 0.2) is 0 Å². The first-order valence-electron chi connectivity index (χ1n) is 4.90. The molecule has 0 radical (unpaired) electrons. The number of halogens is 1. The molecule has 0 saturated heterocycles. The lowest BCUT2D eigenvalue weighted by molar-refractivity contribution is -0.132. The Balaban J connectivity index is 2.51. The van der Waals surface area contributed by atoms with Gasteiger partial charge in [-0.1, -0.05) is 34.1 Å².